The van der Waals surface area contributed by atoms with Crippen LogP contribution in [0.5, 0.6) is 0 Å². The largest absolute Gasteiger partial charge is 0.368 e. The lowest BCUT2D eigenvalue weighted by molar-refractivity contribution is 0.630. The van der Waals surface area contributed by atoms with Crippen molar-refractivity contribution in [2.75, 3.05) is 24.5 Å². The Morgan fingerprint density at radius 1 is 1.27 bits per heavy atom. The number of rotatable bonds is 1. The van der Waals surface area contributed by atoms with E-state index in [0.717, 1.165) is 19.6 Å². The van der Waals surface area contributed by atoms with Crippen molar-refractivity contribution in [1.82, 2.24) is 5.32 Å². The van der Waals surface area contributed by atoms with Crippen LogP contribution >= 0.6 is 0 Å². The summed E-state index contributed by atoms with van der Waals surface area (Å²) in [6.45, 7) is 7.83. The minimum Gasteiger partial charge on any atom is -0.368 e. The van der Waals surface area contributed by atoms with Gasteiger partial charge >= 0.3 is 0 Å². The Balaban J connectivity index is 2.16. The van der Waals surface area contributed by atoms with Crippen molar-refractivity contribution in [2.24, 2.45) is 0 Å². The zero-order valence-electron chi connectivity index (χ0n) is 9.66. The average Bonchev–Trinajstić information content (AvgIpc) is 2.44. The maximum atomic E-state index is 3.47. The van der Waals surface area contributed by atoms with Gasteiger partial charge < -0.3 is 10.2 Å². The molecule has 1 heterocycles. The van der Waals surface area contributed by atoms with E-state index in [-0.39, 0.29) is 0 Å². The van der Waals surface area contributed by atoms with E-state index < -0.39 is 0 Å². The molecule has 0 amide bonds. The van der Waals surface area contributed by atoms with Crippen LogP contribution in [0.15, 0.2) is 24.3 Å². The zero-order chi connectivity index (χ0) is 10.7. The summed E-state index contributed by atoms with van der Waals surface area (Å²) in [5.74, 6) is 0. The maximum absolute atomic E-state index is 3.47. The molecule has 0 aliphatic carbocycles. The Morgan fingerprint density at radius 3 is 2.73 bits per heavy atom. The van der Waals surface area contributed by atoms with Crippen molar-refractivity contribution in [3.63, 3.8) is 0 Å². The van der Waals surface area contributed by atoms with E-state index in [1.807, 2.05) is 0 Å². The van der Waals surface area contributed by atoms with Crippen LogP contribution in [0.4, 0.5) is 5.69 Å². The summed E-state index contributed by atoms with van der Waals surface area (Å²) < 4.78 is 0. The molecule has 2 nitrogen and oxygen atoms in total. The Kier molecular flexibility index (Phi) is 3.27. The number of aryl methyl sites for hydroxylation is 1. The normalized spacial score (nSPS) is 22.5. The van der Waals surface area contributed by atoms with Crippen LogP contribution in [0.25, 0.3) is 0 Å². The number of hydrogen-bond acceptors (Lipinski definition) is 2. The van der Waals surface area contributed by atoms with Crippen LogP contribution in [0.2, 0.25) is 0 Å². The molecular formula is C13H20N2. The number of benzene rings is 1. The van der Waals surface area contributed by atoms with Gasteiger partial charge in [0.25, 0.3) is 0 Å². The zero-order valence-corrected chi connectivity index (χ0v) is 9.66. The van der Waals surface area contributed by atoms with Gasteiger partial charge in [-0.25, -0.2) is 0 Å². The molecule has 1 saturated heterocycles. The molecule has 82 valence electrons. The SMILES string of the molecule is Cc1ccc(N2CCCNCC2C)cc1. The number of anilines is 1. The van der Waals surface area contributed by atoms with Gasteiger partial charge in [-0.3, -0.25) is 0 Å². The molecule has 1 aromatic carbocycles. The van der Waals surface area contributed by atoms with Crippen molar-refractivity contribution in [3.8, 4) is 0 Å². The second kappa shape index (κ2) is 4.67. The number of nitrogens with one attached hydrogen (secondary N) is 1. The number of nitrogens with zero attached hydrogens (tertiary/aromatic N) is 1. The summed E-state index contributed by atoms with van der Waals surface area (Å²) in [6.07, 6.45) is 1.23. The Labute approximate surface area is 92.3 Å². The third-order valence-corrected chi connectivity index (χ3v) is 3.09. The molecule has 0 saturated carbocycles. The molecule has 1 atom stereocenters. The van der Waals surface area contributed by atoms with Gasteiger partial charge in [-0.1, -0.05) is 17.7 Å². The highest BCUT2D eigenvalue weighted by atomic mass is 15.2. The van der Waals surface area contributed by atoms with E-state index in [1.54, 1.807) is 0 Å². The van der Waals surface area contributed by atoms with Crippen LogP contribution in [0.3, 0.4) is 0 Å². The fourth-order valence-corrected chi connectivity index (χ4v) is 2.14. The third kappa shape index (κ3) is 2.51. The second-order valence-electron chi connectivity index (χ2n) is 4.44. The van der Waals surface area contributed by atoms with E-state index in [0.29, 0.717) is 6.04 Å². The molecule has 1 aliphatic heterocycles. The Morgan fingerprint density at radius 2 is 2.00 bits per heavy atom. The molecule has 15 heavy (non-hydrogen) atoms. The van der Waals surface area contributed by atoms with E-state index in [9.17, 15) is 0 Å². The van der Waals surface area contributed by atoms with Crippen molar-refractivity contribution < 1.29 is 0 Å². The van der Waals surface area contributed by atoms with Crippen LogP contribution in [-0.4, -0.2) is 25.7 Å². The van der Waals surface area contributed by atoms with Gasteiger partial charge in [0.2, 0.25) is 0 Å². The van der Waals surface area contributed by atoms with Gasteiger partial charge in [-0.15, -0.1) is 0 Å². The fraction of sp³-hybridized carbons (Fsp3) is 0.538. The molecule has 1 N–H and O–H groups in total. The lowest BCUT2D eigenvalue weighted by atomic mass is 10.2. The lowest BCUT2D eigenvalue weighted by Gasteiger charge is -2.29. The fourth-order valence-electron chi connectivity index (χ4n) is 2.14. The summed E-state index contributed by atoms with van der Waals surface area (Å²) in [4.78, 5) is 2.50. The van der Waals surface area contributed by atoms with Crippen molar-refractivity contribution >= 4 is 5.69 Å². The van der Waals surface area contributed by atoms with Crippen LogP contribution in [0.1, 0.15) is 18.9 Å². The van der Waals surface area contributed by atoms with Gasteiger partial charge in [0.1, 0.15) is 0 Å². The lowest BCUT2D eigenvalue weighted by Crippen LogP contribution is -2.37. The summed E-state index contributed by atoms with van der Waals surface area (Å²) in [6, 6.07) is 9.45. The van der Waals surface area contributed by atoms with Gasteiger partial charge in [0.15, 0.2) is 0 Å². The number of hydrogen-bond donors (Lipinski definition) is 1. The summed E-state index contributed by atoms with van der Waals surface area (Å²) in [5, 5.41) is 3.47. The Bertz CT molecular complexity index is 305. The molecule has 0 aromatic heterocycles. The first-order valence-corrected chi connectivity index (χ1v) is 5.81. The molecule has 1 aromatic rings. The minimum atomic E-state index is 0.593. The van der Waals surface area contributed by atoms with Gasteiger partial charge in [-0.05, 0) is 38.9 Å². The van der Waals surface area contributed by atoms with Gasteiger partial charge in [-0.2, -0.15) is 0 Å². The van der Waals surface area contributed by atoms with E-state index >= 15 is 0 Å². The van der Waals surface area contributed by atoms with E-state index in [2.05, 4.69) is 48.3 Å². The monoisotopic (exact) mass is 204 g/mol. The Hall–Kier alpha value is -1.02. The first-order valence-electron chi connectivity index (χ1n) is 5.81. The van der Waals surface area contributed by atoms with E-state index in [1.165, 1.54) is 17.7 Å². The highest BCUT2D eigenvalue weighted by Gasteiger charge is 2.16. The van der Waals surface area contributed by atoms with Crippen molar-refractivity contribution in [3.05, 3.63) is 29.8 Å². The summed E-state index contributed by atoms with van der Waals surface area (Å²) in [7, 11) is 0. The van der Waals surface area contributed by atoms with Gasteiger partial charge in [0.05, 0.1) is 0 Å². The molecular weight excluding hydrogens is 184 g/mol. The summed E-state index contributed by atoms with van der Waals surface area (Å²) >= 11 is 0. The molecule has 1 unspecified atom stereocenters. The highest BCUT2D eigenvalue weighted by Crippen LogP contribution is 2.18. The van der Waals surface area contributed by atoms with Crippen LogP contribution in [0, 0.1) is 6.92 Å². The first kappa shape index (κ1) is 10.5. The molecule has 1 aliphatic rings. The molecule has 0 spiro atoms. The van der Waals surface area contributed by atoms with Gasteiger partial charge in [0, 0.05) is 24.8 Å². The molecule has 2 rings (SSSR count). The molecule has 0 bridgehead atoms. The second-order valence-corrected chi connectivity index (χ2v) is 4.44. The smallest absolute Gasteiger partial charge is 0.0386 e. The highest BCUT2D eigenvalue weighted by molar-refractivity contribution is 5.48. The predicted octanol–water partition coefficient (Wildman–Crippen LogP) is 2.18. The molecule has 0 radical (unpaired) electrons. The third-order valence-electron chi connectivity index (χ3n) is 3.09. The predicted molar refractivity (Wildman–Crippen MR) is 65.5 cm³/mol. The van der Waals surface area contributed by atoms with Crippen LogP contribution < -0.4 is 10.2 Å². The topological polar surface area (TPSA) is 15.3 Å². The maximum Gasteiger partial charge on any atom is 0.0386 e. The molecule has 2 heteroatoms. The standard InChI is InChI=1S/C13H20N2/c1-11-4-6-13(7-5-11)15-9-3-8-14-10-12(15)2/h4-7,12,14H,3,8-10H2,1-2H3. The van der Waals surface area contributed by atoms with Crippen molar-refractivity contribution in [2.45, 2.75) is 26.3 Å². The first-order chi connectivity index (χ1) is 7.27. The van der Waals surface area contributed by atoms with Crippen molar-refractivity contribution in [1.29, 1.82) is 0 Å². The minimum absolute atomic E-state index is 0.593. The molecule has 1 fully saturated rings. The van der Waals surface area contributed by atoms with E-state index in [4.69, 9.17) is 0 Å². The summed E-state index contributed by atoms with van der Waals surface area (Å²) in [5.41, 5.74) is 2.69. The van der Waals surface area contributed by atoms with Crippen LogP contribution in [-0.2, 0) is 0 Å². The quantitative estimate of drug-likeness (QED) is 0.754. The average molecular weight is 204 g/mol.